The Labute approximate surface area is 310 Å². The van der Waals surface area contributed by atoms with Gasteiger partial charge in [0.1, 0.15) is 6.10 Å². The maximum absolute atomic E-state index is 11.7. The summed E-state index contributed by atoms with van der Waals surface area (Å²) in [6.45, 7) is 26.6. The van der Waals surface area contributed by atoms with Crippen molar-refractivity contribution < 1.29 is 47.6 Å². The molecule has 1 aromatic carbocycles. The van der Waals surface area contributed by atoms with Crippen LogP contribution in [-0.2, 0) is 37.4 Å². The van der Waals surface area contributed by atoms with Crippen molar-refractivity contribution in [2.45, 2.75) is 160 Å². The zero-order chi connectivity index (χ0) is 39.1. The molecule has 5 atom stereocenters. The fraction of sp³-hybridized carbons (Fsp3) is 0.744. The molecule has 1 aromatic rings. The lowest BCUT2D eigenvalue weighted by Crippen LogP contribution is -2.55. The molecule has 2 N–H and O–H groups in total. The molecule has 0 saturated carbocycles. The van der Waals surface area contributed by atoms with Crippen LogP contribution in [0.5, 0.6) is 0 Å². The minimum absolute atomic E-state index is 0.122. The minimum Gasteiger partial charge on any atom is -0.469 e. The predicted molar refractivity (Wildman–Crippen MR) is 207 cm³/mol. The van der Waals surface area contributed by atoms with Gasteiger partial charge in [-0.15, -0.1) is 0 Å². The Hall–Kier alpha value is -1.91. The number of rotatable bonds is 18. The smallest absolute Gasteiger partial charge is 0.330 e. The van der Waals surface area contributed by atoms with Gasteiger partial charge in [-0.3, -0.25) is 4.79 Å². The summed E-state index contributed by atoms with van der Waals surface area (Å²) < 4.78 is 34.9. The van der Waals surface area contributed by atoms with Crippen LogP contribution in [0.1, 0.15) is 108 Å². The molecule has 1 saturated heterocycles. The molecule has 1 unspecified atom stereocenters. The number of hydrogen-bond donors (Lipinski definition) is 2. The summed E-state index contributed by atoms with van der Waals surface area (Å²) in [5.41, 5.74) is 3.39. The van der Waals surface area contributed by atoms with E-state index in [0.717, 1.165) is 5.56 Å². The van der Waals surface area contributed by atoms with Crippen molar-refractivity contribution in [3.63, 3.8) is 0 Å². The molecule has 2 rings (SSSR count). The maximum atomic E-state index is 11.7. The number of esters is 2. The third-order valence-corrected chi connectivity index (χ3v) is 22.6. The van der Waals surface area contributed by atoms with Gasteiger partial charge in [0.25, 0.3) is 0 Å². The van der Waals surface area contributed by atoms with E-state index in [0.29, 0.717) is 39.9 Å². The molecule has 0 aromatic heterocycles. The molecule has 1 fully saturated rings. The molecular weight excluding hydrogens is 685 g/mol. The molecule has 0 amide bonds. The van der Waals surface area contributed by atoms with E-state index in [4.69, 9.17) is 23.1 Å². The van der Waals surface area contributed by atoms with Gasteiger partial charge in [0, 0.05) is 18.1 Å². The van der Waals surface area contributed by atoms with Gasteiger partial charge in [-0.25, -0.2) is 4.79 Å². The van der Waals surface area contributed by atoms with Crippen LogP contribution in [0.4, 0.5) is 0 Å². The summed E-state index contributed by atoms with van der Waals surface area (Å²) in [6, 6.07) is 9.82. The highest BCUT2D eigenvalue weighted by Gasteiger charge is 2.49. The summed E-state index contributed by atoms with van der Waals surface area (Å²) in [5, 5.41) is 19.9. The Morgan fingerprint density at radius 3 is 1.76 bits per heavy atom. The Morgan fingerprint density at radius 2 is 1.33 bits per heavy atom. The highest BCUT2D eigenvalue weighted by molar-refractivity contribution is 6.78. The second kappa shape index (κ2) is 22.3. The lowest BCUT2D eigenvalue weighted by atomic mass is 10.1. The number of aliphatic hydroxyl groups is 2. The van der Waals surface area contributed by atoms with Gasteiger partial charge in [0.15, 0.2) is 6.29 Å². The fourth-order valence-corrected chi connectivity index (χ4v) is 19.1. The normalized spacial score (nSPS) is 19.9. The highest BCUT2D eigenvalue weighted by atomic mass is 28.4. The predicted octanol–water partition coefficient (Wildman–Crippen LogP) is 8.24. The number of methoxy groups -OCH3 is 2. The maximum Gasteiger partial charge on any atom is 0.330 e. The van der Waals surface area contributed by atoms with Crippen molar-refractivity contribution in [3.05, 3.63) is 48.0 Å². The molecule has 0 bridgehead atoms. The third kappa shape index (κ3) is 12.9. The lowest BCUT2D eigenvalue weighted by molar-refractivity contribution is -0.241. The van der Waals surface area contributed by atoms with E-state index in [1.54, 1.807) is 6.08 Å². The van der Waals surface area contributed by atoms with Crippen LogP contribution in [0.25, 0.3) is 0 Å². The summed E-state index contributed by atoms with van der Waals surface area (Å²) >= 11 is 0. The molecule has 0 radical (unpaired) electrons. The topological polar surface area (TPSA) is 130 Å². The second-order valence-corrected chi connectivity index (χ2v) is 26.2. The van der Waals surface area contributed by atoms with E-state index in [1.165, 1.54) is 20.3 Å². The first-order valence-electron chi connectivity index (χ1n) is 18.6. The first-order valence-corrected chi connectivity index (χ1v) is 22.9. The fourth-order valence-electron chi connectivity index (χ4n) is 7.98. The summed E-state index contributed by atoms with van der Waals surface area (Å²) in [7, 11) is -1.62. The van der Waals surface area contributed by atoms with Crippen molar-refractivity contribution in [2.75, 3.05) is 27.4 Å². The average Bonchev–Trinajstić information content (AvgIpc) is 3.08. The SMILES string of the molecule is COC(=O)/C=C/[C@@H]1OC(c2ccccc2)OC[C@H]1O[Si](C(C)C)(C(C)C)C(C)C.COC(=O)CC[C@H](O)[C@@H](CO)O[Si](C(C)C)(C(C)C)C(C)C. The molecule has 51 heavy (non-hydrogen) atoms. The van der Waals surface area contributed by atoms with Crippen LogP contribution in [0.15, 0.2) is 42.5 Å². The summed E-state index contributed by atoms with van der Waals surface area (Å²) in [4.78, 5) is 22.9. The quantitative estimate of drug-likeness (QED) is 0.0859. The van der Waals surface area contributed by atoms with E-state index in [1.807, 2.05) is 30.3 Å². The Kier molecular flexibility index (Phi) is 20.6. The van der Waals surface area contributed by atoms with Crippen LogP contribution in [0.3, 0.4) is 0 Å². The summed E-state index contributed by atoms with van der Waals surface area (Å²) in [5.74, 6) is -0.772. The first kappa shape index (κ1) is 47.1. The number of aliphatic hydroxyl groups excluding tert-OH is 2. The standard InChI is InChI=1S/C23H36O5Si.C16H34O5Si/c1-16(2)29(17(3)4,18(5)6)28-21-15-26-23(19-11-9-8-10-12-19)27-20(21)13-14-22(24)25-7;1-11(2)22(12(3)4,13(5)6)21-15(10-17)14(18)8-9-16(19)20-7/h8-14,16-18,20-21,23H,15H2,1-7H3;11-15,17-18H,8-10H2,1-7H3/b14-13+;/t20-,21+,23?;14-,15+/m00/s1. The molecule has 10 nitrogen and oxygen atoms in total. The molecule has 0 spiro atoms. The highest BCUT2D eigenvalue weighted by Crippen LogP contribution is 2.45. The molecular formula is C39H70O10Si2. The van der Waals surface area contributed by atoms with Crippen LogP contribution >= 0.6 is 0 Å². The van der Waals surface area contributed by atoms with Gasteiger partial charge in [-0.2, -0.15) is 0 Å². The van der Waals surface area contributed by atoms with E-state index in [-0.39, 0.29) is 31.5 Å². The van der Waals surface area contributed by atoms with Gasteiger partial charge in [0.05, 0.1) is 45.7 Å². The zero-order valence-electron chi connectivity index (χ0n) is 33.9. The summed E-state index contributed by atoms with van der Waals surface area (Å²) in [6.07, 6.45) is 0.846. The average molecular weight is 755 g/mol. The van der Waals surface area contributed by atoms with Gasteiger partial charge in [-0.1, -0.05) is 113 Å². The van der Waals surface area contributed by atoms with Crippen molar-refractivity contribution in [1.29, 1.82) is 0 Å². The van der Waals surface area contributed by atoms with Crippen LogP contribution < -0.4 is 0 Å². The van der Waals surface area contributed by atoms with Gasteiger partial charge in [0.2, 0.25) is 16.6 Å². The molecule has 1 heterocycles. The van der Waals surface area contributed by atoms with Crippen molar-refractivity contribution >= 4 is 28.6 Å². The molecule has 12 heteroatoms. The van der Waals surface area contributed by atoms with Gasteiger partial charge in [-0.05, 0) is 45.7 Å². The Bertz CT molecular complexity index is 1130. The van der Waals surface area contributed by atoms with Crippen molar-refractivity contribution in [3.8, 4) is 0 Å². The second-order valence-electron chi connectivity index (χ2n) is 15.4. The van der Waals surface area contributed by atoms with E-state index in [2.05, 4.69) is 87.8 Å². The Balaban J connectivity index is 0.000000532. The van der Waals surface area contributed by atoms with Crippen LogP contribution in [0.2, 0.25) is 33.2 Å². The molecule has 294 valence electrons. The van der Waals surface area contributed by atoms with Gasteiger partial charge >= 0.3 is 11.9 Å². The molecule has 1 aliphatic rings. The monoisotopic (exact) mass is 754 g/mol. The van der Waals surface area contributed by atoms with Crippen molar-refractivity contribution in [1.82, 2.24) is 0 Å². The molecule has 0 aliphatic carbocycles. The first-order chi connectivity index (χ1) is 23.8. The van der Waals surface area contributed by atoms with Crippen LogP contribution in [-0.4, -0.2) is 90.6 Å². The zero-order valence-corrected chi connectivity index (χ0v) is 35.9. The van der Waals surface area contributed by atoms with Gasteiger partial charge < -0.3 is 38.0 Å². The van der Waals surface area contributed by atoms with E-state index >= 15 is 0 Å². The number of benzene rings is 1. The third-order valence-electron chi connectivity index (χ3n) is 10.4. The minimum atomic E-state index is -2.18. The largest absolute Gasteiger partial charge is 0.469 e. The van der Waals surface area contributed by atoms with E-state index in [9.17, 15) is 19.8 Å². The van der Waals surface area contributed by atoms with Crippen LogP contribution in [0, 0.1) is 0 Å². The molecule has 1 aliphatic heterocycles. The number of hydrogen-bond acceptors (Lipinski definition) is 10. The Morgan fingerprint density at radius 1 is 0.824 bits per heavy atom. The number of carbonyl (C=O) groups is 2. The number of ether oxygens (including phenoxy) is 4. The van der Waals surface area contributed by atoms with E-state index < -0.39 is 47.2 Å². The lowest BCUT2D eigenvalue weighted by Gasteiger charge is -2.47. The van der Waals surface area contributed by atoms with Crippen molar-refractivity contribution in [2.24, 2.45) is 0 Å². The number of carbonyl (C=O) groups excluding carboxylic acids is 2.